The molecule has 0 unspecified atom stereocenters. The number of benzene rings is 1. The normalized spacial score (nSPS) is 16.0. The van der Waals surface area contributed by atoms with Crippen LogP contribution in [-0.4, -0.2) is 17.5 Å². The number of carbonyl (C=O) groups excluding carboxylic acids is 1. The third-order valence-corrected chi connectivity index (χ3v) is 4.11. The molecule has 1 aromatic rings. The molecule has 3 heteroatoms. The molecule has 0 saturated heterocycles. The molecule has 1 aliphatic rings. The number of amides is 2. The molecule has 0 aliphatic heterocycles. The molecule has 0 bridgehead atoms. The van der Waals surface area contributed by atoms with Crippen LogP contribution < -0.4 is 5.32 Å². The van der Waals surface area contributed by atoms with Crippen LogP contribution in [0.15, 0.2) is 42.6 Å². The van der Waals surface area contributed by atoms with E-state index in [2.05, 4.69) is 11.4 Å². The van der Waals surface area contributed by atoms with Crippen molar-refractivity contribution in [3.05, 3.63) is 48.2 Å². The molecule has 0 atom stereocenters. The number of urea groups is 1. The van der Waals surface area contributed by atoms with Gasteiger partial charge in [-0.3, -0.25) is 0 Å². The average Bonchev–Trinajstić information content (AvgIpc) is 2.54. The fourth-order valence-corrected chi connectivity index (χ4v) is 2.80. The van der Waals surface area contributed by atoms with Gasteiger partial charge in [0.05, 0.1) is 0 Å². The first-order valence-electron chi connectivity index (χ1n) is 8.05. The lowest BCUT2D eigenvalue weighted by Gasteiger charge is -2.21. The predicted octanol–water partition coefficient (Wildman–Crippen LogP) is 4.31. The van der Waals surface area contributed by atoms with Gasteiger partial charge in [-0.15, -0.1) is 0 Å². The lowest BCUT2D eigenvalue weighted by atomic mass is 9.89. The minimum absolute atomic E-state index is 0.0200. The van der Waals surface area contributed by atoms with Crippen LogP contribution in [0.5, 0.6) is 0 Å². The molecule has 2 rings (SSSR count). The Bertz CT molecular complexity index is 450. The lowest BCUT2D eigenvalue weighted by Crippen LogP contribution is -2.37. The van der Waals surface area contributed by atoms with Gasteiger partial charge in [-0.2, -0.15) is 0 Å². The minimum Gasteiger partial charge on any atom is -0.321 e. The summed E-state index contributed by atoms with van der Waals surface area (Å²) < 4.78 is 0. The lowest BCUT2D eigenvalue weighted by molar-refractivity contribution is 0.202. The fourth-order valence-electron chi connectivity index (χ4n) is 2.80. The van der Waals surface area contributed by atoms with Crippen LogP contribution in [0.2, 0.25) is 0 Å². The molecule has 0 spiro atoms. The molecule has 1 N–H and O–H groups in total. The van der Waals surface area contributed by atoms with Crippen molar-refractivity contribution < 1.29 is 4.79 Å². The van der Waals surface area contributed by atoms with Gasteiger partial charge < -0.3 is 10.2 Å². The van der Waals surface area contributed by atoms with Gasteiger partial charge >= 0.3 is 6.03 Å². The number of rotatable bonds is 5. The number of nitrogens with zero attached hydrogens (tertiary/aromatic N) is 1. The van der Waals surface area contributed by atoms with Crippen LogP contribution >= 0.6 is 0 Å². The van der Waals surface area contributed by atoms with E-state index in [4.69, 9.17) is 0 Å². The Hall–Kier alpha value is -1.77. The SMILES string of the molecule is CCN(Cc1ccccc1)C(=O)N/C=C/C1CCCCC1. The largest absolute Gasteiger partial charge is 0.321 e. The molecule has 0 heterocycles. The molecule has 1 saturated carbocycles. The molecule has 1 aliphatic carbocycles. The van der Waals surface area contributed by atoms with Gasteiger partial charge in [0.1, 0.15) is 0 Å². The van der Waals surface area contributed by atoms with Crippen molar-refractivity contribution in [2.75, 3.05) is 6.54 Å². The molecule has 1 fully saturated rings. The summed E-state index contributed by atoms with van der Waals surface area (Å²) >= 11 is 0. The molecular formula is C18H26N2O. The molecule has 114 valence electrons. The second kappa shape index (κ2) is 8.50. The Morgan fingerprint density at radius 3 is 2.62 bits per heavy atom. The van der Waals surface area contributed by atoms with E-state index in [9.17, 15) is 4.79 Å². The van der Waals surface area contributed by atoms with Crippen molar-refractivity contribution in [2.24, 2.45) is 5.92 Å². The quantitative estimate of drug-likeness (QED) is 0.859. The van der Waals surface area contributed by atoms with Crippen LogP contribution in [0.3, 0.4) is 0 Å². The molecule has 2 amide bonds. The predicted molar refractivity (Wildman–Crippen MR) is 86.8 cm³/mol. The highest BCUT2D eigenvalue weighted by atomic mass is 16.2. The second-order valence-electron chi connectivity index (χ2n) is 5.71. The molecular weight excluding hydrogens is 260 g/mol. The maximum absolute atomic E-state index is 12.2. The molecule has 0 radical (unpaired) electrons. The Labute approximate surface area is 128 Å². The smallest absolute Gasteiger partial charge is 0.321 e. The number of hydrogen-bond acceptors (Lipinski definition) is 1. The van der Waals surface area contributed by atoms with Crippen molar-refractivity contribution in [1.82, 2.24) is 10.2 Å². The second-order valence-corrected chi connectivity index (χ2v) is 5.71. The van der Waals surface area contributed by atoms with E-state index >= 15 is 0 Å². The van der Waals surface area contributed by atoms with Crippen molar-refractivity contribution >= 4 is 6.03 Å². The summed E-state index contributed by atoms with van der Waals surface area (Å²) in [4.78, 5) is 14.0. The van der Waals surface area contributed by atoms with Crippen LogP contribution in [-0.2, 0) is 6.54 Å². The Kier molecular flexibility index (Phi) is 6.32. The van der Waals surface area contributed by atoms with Crippen LogP contribution in [0.25, 0.3) is 0 Å². The first-order chi connectivity index (χ1) is 10.3. The monoisotopic (exact) mass is 286 g/mol. The Balaban J connectivity index is 1.81. The molecule has 3 nitrogen and oxygen atoms in total. The van der Waals surface area contributed by atoms with Crippen LogP contribution in [0.1, 0.15) is 44.6 Å². The van der Waals surface area contributed by atoms with Gasteiger partial charge in [-0.1, -0.05) is 55.7 Å². The molecule has 21 heavy (non-hydrogen) atoms. The average molecular weight is 286 g/mol. The van der Waals surface area contributed by atoms with E-state index in [0.717, 1.165) is 5.56 Å². The van der Waals surface area contributed by atoms with E-state index in [0.29, 0.717) is 19.0 Å². The summed E-state index contributed by atoms with van der Waals surface area (Å²) in [5, 5.41) is 2.91. The van der Waals surface area contributed by atoms with Crippen LogP contribution in [0.4, 0.5) is 4.79 Å². The van der Waals surface area contributed by atoms with Crippen molar-refractivity contribution in [2.45, 2.75) is 45.6 Å². The summed E-state index contributed by atoms with van der Waals surface area (Å²) in [6.07, 6.45) is 10.5. The van der Waals surface area contributed by atoms with Crippen molar-refractivity contribution in [3.63, 3.8) is 0 Å². The standard InChI is InChI=1S/C18H26N2O/c1-2-20(15-17-11-7-4-8-12-17)18(21)19-14-13-16-9-5-3-6-10-16/h4,7-8,11-14,16H,2-3,5-6,9-10,15H2,1H3,(H,19,21)/b14-13+. The first-order valence-corrected chi connectivity index (χ1v) is 8.05. The Morgan fingerprint density at radius 1 is 1.24 bits per heavy atom. The summed E-state index contributed by atoms with van der Waals surface area (Å²) in [5.74, 6) is 0.642. The first kappa shape index (κ1) is 15.6. The third-order valence-electron chi connectivity index (χ3n) is 4.11. The topological polar surface area (TPSA) is 32.3 Å². The number of allylic oxidation sites excluding steroid dienone is 1. The Morgan fingerprint density at radius 2 is 1.95 bits per heavy atom. The van der Waals surface area contributed by atoms with E-state index in [1.54, 1.807) is 0 Å². The van der Waals surface area contributed by atoms with E-state index < -0.39 is 0 Å². The third kappa shape index (κ3) is 5.25. The number of nitrogens with one attached hydrogen (secondary N) is 1. The van der Waals surface area contributed by atoms with Gasteiger partial charge in [0.2, 0.25) is 0 Å². The van der Waals surface area contributed by atoms with Crippen molar-refractivity contribution in [3.8, 4) is 0 Å². The zero-order valence-corrected chi connectivity index (χ0v) is 12.9. The van der Waals surface area contributed by atoms with E-state index in [1.165, 1.54) is 32.1 Å². The molecule has 0 aromatic heterocycles. The van der Waals surface area contributed by atoms with Gasteiger partial charge in [0.15, 0.2) is 0 Å². The highest BCUT2D eigenvalue weighted by molar-refractivity contribution is 5.75. The summed E-state index contributed by atoms with van der Waals surface area (Å²) in [6, 6.07) is 10.1. The van der Waals surface area contributed by atoms with Gasteiger partial charge in [-0.25, -0.2) is 4.79 Å². The highest BCUT2D eigenvalue weighted by Gasteiger charge is 2.12. The van der Waals surface area contributed by atoms with Gasteiger partial charge in [0, 0.05) is 19.3 Å². The summed E-state index contributed by atoms with van der Waals surface area (Å²) in [5.41, 5.74) is 1.16. The summed E-state index contributed by atoms with van der Waals surface area (Å²) in [6.45, 7) is 3.37. The fraction of sp³-hybridized carbons (Fsp3) is 0.500. The molecule has 1 aromatic carbocycles. The minimum atomic E-state index is -0.0200. The van der Waals surface area contributed by atoms with Crippen molar-refractivity contribution in [1.29, 1.82) is 0 Å². The van der Waals surface area contributed by atoms with Crippen LogP contribution in [0, 0.1) is 5.92 Å². The number of carbonyl (C=O) groups is 1. The van der Waals surface area contributed by atoms with Gasteiger partial charge in [0.25, 0.3) is 0 Å². The van der Waals surface area contributed by atoms with E-state index in [1.807, 2.05) is 48.4 Å². The summed E-state index contributed by atoms with van der Waals surface area (Å²) in [7, 11) is 0. The van der Waals surface area contributed by atoms with E-state index in [-0.39, 0.29) is 6.03 Å². The zero-order valence-electron chi connectivity index (χ0n) is 12.9. The maximum atomic E-state index is 12.2. The highest BCUT2D eigenvalue weighted by Crippen LogP contribution is 2.24. The van der Waals surface area contributed by atoms with Gasteiger partial charge in [-0.05, 0) is 31.2 Å². The zero-order chi connectivity index (χ0) is 14.9. The number of hydrogen-bond donors (Lipinski definition) is 1. The maximum Gasteiger partial charge on any atom is 0.321 e.